The first-order valence-electron chi connectivity index (χ1n) is 7.01. The van der Waals surface area contributed by atoms with Crippen molar-refractivity contribution in [2.45, 2.75) is 32.1 Å². The first kappa shape index (κ1) is 14.7. The van der Waals surface area contributed by atoms with Crippen molar-refractivity contribution in [3.63, 3.8) is 0 Å². The Labute approximate surface area is 119 Å². The molecule has 0 radical (unpaired) electrons. The van der Waals surface area contributed by atoms with Gasteiger partial charge in [0.15, 0.2) is 11.5 Å². The molecule has 0 amide bonds. The Morgan fingerprint density at radius 2 is 1.90 bits per heavy atom. The van der Waals surface area contributed by atoms with Crippen LogP contribution in [0.1, 0.15) is 37.7 Å². The molecule has 4 nitrogen and oxygen atoms in total. The third kappa shape index (κ3) is 2.89. The zero-order valence-electron chi connectivity index (χ0n) is 12.3. The molecule has 1 saturated carbocycles. The molecule has 3 unspecified atom stereocenters. The van der Waals surface area contributed by atoms with Crippen molar-refractivity contribution in [3.8, 4) is 11.5 Å². The molecule has 3 atom stereocenters. The summed E-state index contributed by atoms with van der Waals surface area (Å²) >= 11 is 0. The van der Waals surface area contributed by atoms with Crippen LogP contribution in [0.2, 0.25) is 0 Å². The van der Waals surface area contributed by atoms with Crippen LogP contribution in [0.15, 0.2) is 18.2 Å². The van der Waals surface area contributed by atoms with Crippen LogP contribution < -0.4 is 9.47 Å². The van der Waals surface area contributed by atoms with Crippen molar-refractivity contribution in [2.24, 2.45) is 11.8 Å². The highest BCUT2D eigenvalue weighted by Gasteiger charge is 2.34. The molecule has 1 fully saturated rings. The summed E-state index contributed by atoms with van der Waals surface area (Å²) in [5.74, 6) is 0.945. The van der Waals surface area contributed by atoms with Gasteiger partial charge >= 0.3 is 5.97 Å². The maximum Gasteiger partial charge on any atom is 0.307 e. The lowest BCUT2D eigenvalue weighted by Crippen LogP contribution is -2.28. The average molecular weight is 278 g/mol. The number of carbonyl (C=O) groups is 1. The highest BCUT2D eigenvalue weighted by Crippen LogP contribution is 2.42. The normalized spacial score (nSPS) is 26.1. The molecule has 0 aromatic heterocycles. The summed E-state index contributed by atoms with van der Waals surface area (Å²) in [6.45, 7) is 2.19. The van der Waals surface area contributed by atoms with Crippen LogP contribution >= 0.6 is 0 Å². The maximum atomic E-state index is 11.5. The molecule has 4 heteroatoms. The molecule has 20 heavy (non-hydrogen) atoms. The van der Waals surface area contributed by atoms with Gasteiger partial charge in [-0.1, -0.05) is 13.0 Å². The second kappa shape index (κ2) is 6.16. The Balaban J connectivity index is 2.33. The van der Waals surface area contributed by atoms with Gasteiger partial charge in [0.05, 0.1) is 20.1 Å². The van der Waals surface area contributed by atoms with E-state index in [0.29, 0.717) is 17.4 Å². The maximum absolute atomic E-state index is 11.5. The smallest absolute Gasteiger partial charge is 0.307 e. The first-order chi connectivity index (χ1) is 9.56. The number of rotatable bonds is 4. The Morgan fingerprint density at radius 1 is 1.20 bits per heavy atom. The predicted octanol–water partition coefficient (Wildman–Crippen LogP) is 3.31. The molecule has 0 spiro atoms. The quantitative estimate of drug-likeness (QED) is 0.918. The average Bonchev–Trinajstić information content (AvgIpc) is 2.46. The second-order valence-corrected chi connectivity index (χ2v) is 5.58. The molecule has 2 rings (SSSR count). The summed E-state index contributed by atoms with van der Waals surface area (Å²) in [7, 11) is 3.19. The number of carboxylic acids is 1. The number of aliphatic carboxylic acids is 1. The van der Waals surface area contributed by atoms with Crippen LogP contribution in [0.4, 0.5) is 0 Å². The molecule has 0 aliphatic heterocycles. The number of benzene rings is 1. The van der Waals surface area contributed by atoms with Gasteiger partial charge in [-0.25, -0.2) is 0 Å². The highest BCUT2D eigenvalue weighted by atomic mass is 16.5. The minimum Gasteiger partial charge on any atom is -0.493 e. The van der Waals surface area contributed by atoms with Gasteiger partial charge in [0.25, 0.3) is 0 Å². The van der Waals surface area contributed by atoms with Crippen LogP contribution in [0, 0.1) is 11.8 Å². The van der Waals surface area contributed by atoms with E-state index in [9.17, 15) is 9.90 Å². The lowest BCUT2D eigenvalue weighted by Gasteiger charge is -2.33. The Bertz CT molecular complexity index is 483. The van der Waals surface area contributed by atoms with Crippen LogP contribution in [0.3, 0.4) is 0 Å². The van der Waals surface area contributed by atoms with Crippen molar-refractivity contribution in [1.29, 1.82) is 0 Å². The molecule has 1 aliphatic carbocycles. The van der Waals surface area contributed by atoms with Crippen LogP contribution in [0.5, 0.6) is 11.5 Å². The van der Waals surface area contributed by atoms with E-state index in [1.54, 1.807) is 14.2 Å². The zero-order chi connectivity index (χ0) is 14.7. The summed E-state index contributed by atoms with van der Waals surface area (Å²) in [6.07, 6.45) is 2.64. The Kier molecular flexibility index (Phi) is 4.53. The first-order valence-corrected chi connectivity index (χ1v) is 7.01. The van der Waals surface area contributed by atoms with E-state index in [2.05, 4.69) is 6.92 Å². The van der Waals surface area contributed by atoms with E-state index in [1.807, 2.05) is 18.2 Å². The van der Waals surface area contributed by atoms with Gasteiger partial charge in [-0.05, 0) is 48.8 Å². The molecule has 1 aliphatic rings. The van der Waals surface area contributed by atoms with E-state index < -0.39 is 5.97 Å². The summed E-state index contributed by atoms with van der Waals surface area (Å²) in [4.78, 5) is 11.5. The van der Waals surface area contributed by atoms with Crippen molar-refractivity contribution in [3.05, 3.63) is 23.8 Å². The second-order valence-electron chi connectivity index (χ2n) is 5.58. The molecule has 0 bridgehead atoms. The third-order valence-corrected chi connectivity index (χ3v) is 4.27. The van der Waals surface area contributed by atoms with Gasteiger partial charge in [0.2, 0.25) is 0 Å². The molecule has 0 heterocycles. The molecule has 1 aromatic rings. The molecular weight excluding hydrogens is 256 g/mol. The van der Waals surface area contributed by atoms with Crippen LogP contribution in [-0.2, 0) is 4.79 Å². The van der Waals surface area contributed by atoms with Crippen LogP contribution in [-0.4, -0.2) is 25.3 Å². The molecule has 110 valence electrons. The number of hydrogen-bond acceptors (Lipinski definition) is 3. The fourth-order valence-electron chi connectivity index (χ4n) is 3.13. The molecule has 1 N–H and O–H groups in total. The van der Waals surface area contributed by atoms with Crippen molar-refractivity contribution >= 4 is 5.97 Å². The van der Waals surface area contributed by atoms with E-state index in [1.165, 1.54) is 0 Å². The molecule has 0 saturated heterocycles. The van der Waals surface area contributed by atoms with Gasteiger partial charge < -0.3 is 14.6 Å². The highest BCUT2D eigenvalue weighted by molar-refractivity contribution is 5.71. The topological polar surface area (TPSA) is 55.8 Å². The largest absolute Gasteiger partial charge is 0.493 e. The predicted molar refractivity (Wildman–Crippen MR) is 76.4 cm³/mol. The fourth-order valence-corrected chi connectivity index (χ4v) is 3.13. The third-order valence-electron chi connectivity index (χ3n) is 4.27. The molecule has 1 aromatic carbocycles. The van der Waals surface area contributed by atoms with Crippen molar-refractivity contribution in [2.75, 3.05) is 14.2 Å². The summed E-state index contributed by atoms with van der Waals surface area (Å²) in [6, 6.07) is 5.73. The standard InChI is InChI=1S/C16H22O4/c1-10-4-6-12(16(17)18)13(8-10)11-5-7-14(19-2)15(9-11)20-3/h5,7,9-10,12-13H,4,6,8H2,1-3H3,(H,17,18). The minimum atomic E-state index is -0.698. The Hall–Kier alpha value is -1.71. The van der Waals surface area contributed by atoms with E-state index >= 15 is 0 Å². The Morgan fingerprint density at radius 3 is 2.50 bits per heavy atom. The molecular formula is C16H22O4. The number of carboxylic acid groups (broad SMARTS) is 1. The van der Waals surface area contributed by atoms with Gasteiger partial charge in [-0.3, -0.25) is 4.79 Å². The van der Waals surface area contributed by atoms with Gasteiger partial charge in [-0.2, -0.15) is 0 Å². The summed E-state index contributed by atoms with van der Waals surface area (Å²) < 4.78 is 10.6. The van der Waals surface area contributed by atoms with Gasteiger partial charge in [-0.15, -0.1) is 0 Å². The fraction of sp³-hybridized carbons (Fsp3) is 0.562. The lowest BCUT2D eigenvalue weighted by molar-refractivity contribution is -0.143. The van der Waals surface area contributed by atoms with Gasteiger partial charge in [0.1, 0.15) is 0 Å². The lowest BCUT2D eigenvalue weighted by atomic mass is 9.71. The number of methoxy groups -OCH3 is 2. The van der Waals surface area contributed by atoms with Crippen molar-refractivity contribution in [1.82, 2.24) is 0 Å². The number of ether oxygens (including phenoxy) is 2. The van der Waals surface area contributed by atoms with Crippen molar-refractivity contribution < 1.29 is 19.4 Å². The monoisotopic (exact) mass is 278 g/mol. The van der Waals surface area contributed by atoms with E-state index in [4.69, 9.17) is 9.47 Å². The summed E-state index contributed by atoms with van der Waals surface area (Å²) in [5.41, 5.74) is 1.03. The summed E-state index contributed by atoms with van der Waals surface area (Å²) in [5, 5.41) is 9.43. The van der Waals surface area contributed by atoms with E-state index in [0.717, 1.165) is 24.8 Å². The SMILES string of the molecule is COc1ccc(C2CC(C)CCC2C(=O)O)cc1OC. The minimum absolute atomic E-state index is 0.0519. The number of hydrogen-bond donors (Lipinski definition) is 1. The zero-order valence-corrected chi connectivity index (χ0v) is 12.3. The van der Waals surface area contributed by atoms with Gasteiger partial charge in [0, 0.05) is 0 Å². The van der Waals surface area contributed by atoms with Crippen LogP contribution in [0.25, 0.3) is 0 Å². The van der Waals surface area contributed by atoms with E-state index in [-0.39, 0.29) is 11.8 Å².